The summed E-state index contributed by atoms with van der Waals surface area (Å²) in [5.41, 5.74) is 9.05. The molecule has 0 amide bonds. The Morgan fingerprint density at radius 1 is 1.06 bits per heavy atom. The minimum absolute atomic E-state index is 0.479. The van der Waals surface area contributed by atoms with Crippen molar-refractivity contribution in [3.63, 3.8) is 0 Å². The second-order valence-corrected chi connectivity index (χ2v) is 5.24. The Morgan fingerprint density at radius 3 is 2.44 bits per heavy atom. The van der Waals surface area contributed by atoms with Gasteiger partial charge in [-0.05, 0) is 43.7 Å². The van der Waals surface area contributed by atoms with Crippen LogP contribution in [0.15, 0.2) is 40.9 Å². The van der Waals surface area contributed by atoms with E-state index in [0.29, 0.717) is 6.54 Å². The Labute approximate surface area is 116 Å². The summed E-state index contributed by atoms with van der Waals surface area (Å²) in [4.78, 5) is 0. The minimum Gasteiger partial charge on any atom is -0.457 e. The van der Waals surface area contributed by atoms with E-state index < -0.39 is 0 Å². The smallest absolute Gasteiger partial charge is 0.131 e. The van der Waals surface area contributed by atoms with Crippen LogP contribution in [-0.2, 0) is 6.54 Å². The van der Waals surface area contributed by atoms with E-state index in [9.17, 15) is 0 Å². The Balaban J connectivity index is 2.33. The number of ether oxygens (including phenoxy) is 1. The summed E-state index contributed by atoms with van der Waals surface area (Å²) in [5.74, 6) is 1.69. The van der Waals surface area contributed by atoms with E-state index in [1.54, 1.807) is 0 Å². The molecule has 94 valence electrons. The van der Waals surface area contributed by atoms with E-state index in [4.69, 9.17) is 10.5 Å². The van der Waals surface area contributed by atoms with E-state index in [0.717, 1.165) is 27.1 Å². The van der Waals surface area contributed by atoms with E-state index in [-0.39, 0.29) is 0 Å². The highest BCUT2D eigenvalue weighted by Gasteiger charge is 2.06. The lowest BCUT2D eigenvalue weighted by atomic mass is 10.1. The first-order chi connectivity index (χ1) is 8.60. The van der Waals surface area contributed by atoms with Crippen molar-refractivity contribution in [1.82, 2.24) is 0 Å². The first kappa shape index (κ1) is 13.1. The zero-order valence-corrected chi connectivity index (χ0v) is 12.1. The van der Waals surface area contributed by atoms with Gasteiger partial charge in [0, 0.05) is 16.6 Å². The average Bonchev–Trinajstić information content (AvgIpc) is 2.34. The molecule has 0 spiro atoms. The standard InChI is InChI=1S/C15H16BrNO/c1-10-3-5-15(12(7-10)9-17)18-14-6-4-13(16)8-11(14)2/h3-8H,9,17H2,1-2H3. The molecule has 2 rings (SSSR count). The summed E-state index contributed by atoms with van der Waals surface area (Å²) in [6, 6.07) is 12.0. The maximum atomic E-state index is 5.94. The minimum atomic E-state index is 0.479. The molecule has 0 saturated carbocycles. The second-order valence-electron chi connectivity index (χ2n) is 4.33. The van der Waals surface area contributed by atoms with Crippen molar-refractivity contribution in [2.45, 2.75) is 20.4 Å². The van der Waals surface area contributed by atoms with Gasteiger partial charge >= 0.3 is 0 Å². The van der Waals surface area contributed by atoms with Crippen LogP contribution < -0.4 is 10.5 Å². The largest absolute Gasteiger partial charge is 0.457 e. The zero-order valence-electron chi connectivity index (χ0n) is 10.5. The number of hydrogen-bond acceptors (Lipinski definition) is 2. The molecule has 0 fully saturated rings. The quantitative estimate of drug-likeness (QED) is 0.916. The SMILES string of the molecule is Cc1ccc(Oc2ccc(Br)cc2C)c(CN)c1. The fraction of sp³-hybridized carbons (Fsp3) is 0.200. The van der Waals surface area contributed by atoms with Gasteiger partial charge in [-0.25, -0.2) is 0 Å². The van der Waals surface area contributed by atoms with Crippen LogP contribution in [0, 0.1) is 13.8 Å². The molecular formula is C15H16BrNO. The molecular weight excluding hydrogens is 290 g/mol. The molecule has 0 saturated heterocycles. The van der Waals surface area contributed by atoms with Gasteiger partial charge in [0.05, 0.1) is 0 Å². The molecule has 0 aliphatic carbocycles. The van der Waals surface area contributed by atoms with Crippen LogP contribution in [0.1, 0.15) is 16.7 Å². The highest BCUT2D eigenvalue weighted by atomic mass is 79.9. The summed E-state index contributed by atoms with van der Waals surface area (Å²) in [6.07, 6.45) is 0. The average molecular weight is 306 g/mol. The molecule has 18 heavy (non-hydrogen) atoms. The van der Waals surface area contributed by atoms with Gasteiger partial charge in [0.1, 0.15) is 11.5 Å². The van der Waals surface area contributed by atoms with Crippen LogP contribution in [0.3, 0.4) is 0 Å². The third kappa shape index (κ3) is 2.92. The predicted molar refractivity (Wildman–Crippen MR) is 78.0 cm³/mol. The van der Waals surface area contributed by atoms with Crippen molar-refractivity contribution >= 4 is 15.9 Å². The van der Waals surface area contributed by atoms with Gasteiger partial charge in [-0.3, -0.25) is 0 Å². The third-order valence-corrected chi connectivity index (χ3v) is 3.29. The summed E-state index contributed by atoms with van der Waals surface area (Å²) in [5, 5.41) is 0. The van der Waals surface area contributed by atoms with Gasteiger partial charge in [-0.15, -0.1) is 0 Å². The maximum absolute atomic E-state index is 5.94. The van der Waals surface area contributed by atoms with Crippen molar-refractivity contribution < 1.29 is 4.74 Å². The fourth-order valence-electron chi connectivity index (χ4n) is 1.81. The van der Waals surface area contributed by atoms with E-state index >= 15 is 0 Å². The third-order valence-electron chi connectivity index (χ3n) is 2.79. The molecule has 0 atom stereocenters. The van der Waals surface area contributed by atoms with Crippen LogP contribution in [0.5, 0.6) is 11.5 Å². The summed E-state index contributed by atoms with van der Waals surface area (Å²) in [6.45, 7) is 4.55. The van der Waals surface area contributed by atoms with Crippen molar-refractivity contribution in [2.24, 2.45) is 5.73 Å². The lowest BCUT2D eigenvalue weighted by molar-refractivity contribution is 0.472. The van der Waals surface area contributed by atoms with Gasteiger partial charge in [0.15, 0.2) is 0 Å². The fourth-order valence-corrected chi connectivity index (χ4v) is 2.29. The summed E-state index contributed by atoms with van der Waals surface area (Å²) < 4.78 is 6.99. The molecule has 2 aromatic carbocycles. The molecule has 0 unspecified atom stereocenters. The first-order valence-corrected chi connectivity index (χ1v) is 6.63. The van der Waals surface area contributed by atoms with Gasteiger partial charge in [0.2, 0.25) is 0 Å². The summed E-state index contributed by atoms with van der Waals surface area (Å²) in [7, 11) is 0. The number of halogens is 1. The van der Waals surface area contributed by atoms with E-state index in [1.165, 1.54) is 5.56 Å². The number of hydrogen-bond donors (Lipinski definition) is 1. The molecule has 2 aromatic rings. The number of aryl methyl sites for hydroxylation is 2. The summed E-state index contributed by atoms with van der Waals surface area (Å²) >= 11 is 3.44. The second kappa shape index (κ2) is 5.55. The topological polar surface area (TPSA) is 35.2 Å². The van der Waals surface area contributed by atoms with Gasteiger partial charge < -0.3 is 10.5 Å². The van der Waals surface area contributed by atoms with Crippen molar-refractivity contribution in [1.29, 1.82) is 0 Å². The van der Waals surface area contributed by atoms with Crippen LogP contribution in [-0.4, -0.2) is 0 Å². The molecule has 0 bridgehead atoms. The van der Waals surface area contributed by atoms with Gasteiger partial charge in [-0.2, -0.15) is 0 Å². The Kier molecular flexibility index (Phi) is 4.04. The van der Waals surface area contributed by atoms with Crippen LogP contribution in [0.25, 0.3) is 0 Å². The molecule has 3 heteroatoms. The van der Waals surface area contributed by atoms with E-state index in [1.807, 2.05) is 44.2 Å². The zero-order chi connectivity index (χ0) is 13.1. The number of rotatable bonds is 3. The molecule has 0 heterocycles. The van der Waals surface area contributed by atoms with Crippen LogP contribution >= 0.6 is 15.9 Å². The van der Waals surface area contributed by atoms with Crippen molar-refractivity contribution in [3.05, 3.63) is 57.6 Å². The van der Waals surface area contributed by atoms with Crippen molar-refractivity contribution in [3.8, 4) is 11.5 Å². The predicted octanol–water partition coefficient (Wildman–Crippen LogP) is 4.32. The van der Waals surface area contributed by atoms with Gasteiger partial charge in [0.25, 0.3) is 0 Å². The highest BCUT2D eigenvalue weighted by Crippen LogP contribution is 2.30. The van der Waals surface area contributed by atoms with Gasteiger partial charge in [-0.1, -0.05) is 33.6 Å². The monoisotopic (exact) mass is 305 g/mol. The molecule has 2 nitrogen and oxygen atoms in total. The van der Waals surface area contributed by atoms with Crippen LogP contribution in [0.4, 0.5) is 0 Å². The lowest BCUT2D eigenvalue weighted by Crippen LogP contribution is -2.00. The Hall–Kier alpha value is -1.32. The van der Waals surface area contributed by atoms with Crippen molar-refractivity contribution in [2.75, 3.05) is 0 Å². The van der Waals surface area contributed by atoms with E-state index in [2.05, 4.69) is 22.0 Å². The lowest BCUT2D eigenvalue weighted by Gasteiger charge is -2.12. The molecule has 0 aromatic heterocycles. The molecule has 0 radical (unpaired) electrons. The Bertz CT molecular complexity index is 566. The van der Waals surface area contributed by atoms with Crippen LogP contribution in [0.2, 0.25) is 0 Å². The number of nitrogens with two attached hydrogens (primary N) is 1. The first-order valence-electron chi connectivity index (χ1n) is 5.84. The Morgan fingerprint density at radius 2 is 1.78 bits per heavy atom. The maximum Gasteiger partial charge on any atom is 0.131 e. The molecule has 2 N–H and O–H groups in total. The molecule has 0 aliphatic rings. The highest BCUT2D eigenvalue weighted by molar-refractivity contribution is 9.10. The normalized spacial score (nSPS) is 10.4. The number of benzene rings is 2. The molecule has 0 aliphatic heterocycles.